The Balaban J connectivity index is 1.82. The monoisotopic (exact) mass is 437 g/mol. The lowest BCUT2D eigenvalue weighted by Crippen LogP contribution is -2.31. The van der Waals surface area contributed by atoms with E-state index in [-0.39, 0.29) is 18.4 Å². The molecule has 0 bridgehead atoms. The van der Waals surface area contributed by atoms with Gasteiger partial charge in [0.25, 0.3) is 5.91 Å². The molecule has 1 aliphatic carbocycles. The molecule has 4 nitrogen and oxygen atoms in total. The number of ether oxygens (including phenoxy) is 1. The maximum Gasteiger partial charge on any atom is 0.325 e. The van der Waals surface area contributed by atoms with Gasteiger partial charge < -0.3 is 10.1 Å². The Bertz CT molecular complexity index is 503. The molecule has 0 atom stereocenters. The molecule has 1 aromatic carbocycles. The molecular weight excluding hydrogens is 425 g/mol. The van der Waals surface area contributed by atoms with Crippen LogP contribution in [0.2, 0.25) is 0 Å². The molecule has 19 heavy (non-hydrogen) atoms. The molecule has 1 aromatic rings. The Morgan fingerprint density at radius 3 is 2.84 bits per heavy atom. The first-order valence-electron chi connectivity index (χ1n) is 5.95. The molecule has 0 aromatic heterocycles. The first-order chi connectivity index (χ1) is 9.06. The van der Waals surface area contributed by atoms with Crippen molar-refractivity contribution in [3.63, 3.8) is 0 Å². The highest BCUT2D eigenvalue weighted by Gasteiger charge is 2.23. The quantitative estimate of drug-likeness (QED) is 0.569. The third kappa shape index (κ3) is 4.76. The first kappa shape index (κ1) is 14.8. The van der Waals surface area contributed by atoms with Crippen molar-refractivity contribution in [2.75, 3.05) is 13.2 Å². The molecule has 1 N–H and O–H groups in total. The van der Waals surface area contributed by atoms with Gasteiger partial charge >= 0.3 is 5.97 Å². The van der Waals surface area contributed by atoms with Gasteiger partial charge in [-0.2, -0.15) is 0 Å². The molecule has 1 aliphatic rings. The van der Waals surface area contributed by atoms with E-state index in [4.69, 9.17) is 4.74 Å². The molecule has 1 fully saturated rings. The van der Waals surface area contributed by atoms with Gasteiger partial charge in [-0.3, -0.25) is 9.59 Å². The van der Waals surface area contributed by atoms with E-state index in [9.17, 15) is 9.59 Å². The summed E-state index contributed by atoms with van der Waals surface area (Å²) in [5.74, 6) is -0.120. The predicted molar refractivity (Wildman–Crippen MR) is 82.9 cm³/mol. The second-order valence-electron chi connectivity index (χ2n) is 4.43. The van der Waals surface area contributed by atoms with Gasteiger partial charge in [0.05, 0.1) is 12.2 Å². The lowest BCUT2D eigenvalue weighted by molar-refractivity contribution is -0.142. The lowest BCUT2D eigenvalue weighted by atomic mass is 10.2. The van der Waals surface area contributed by atoms with Crippen LogP contribution in [-0.2, 0) is 9.53 Å². The Labute approximate surface area is 133 Å². The number of carbonyl (C=O) groups excluding carboxylic acids is 2. The van der Waals surface area contributed by atoms with Crippen LogP contribution >= 0.6 is 38.5 Å². The van der Waals surface area contributed by atoms with Crippen molar-refractivity contribution in [2.45, 2.75) is 12.8 Å². The molecular formula is C13H13BrINO3. The SMILES string of the molecule is O=C(CNC(=O)c1cc(Br)ccc1I)OCC1CC1. The Kier molecular flexibility index (Phi) is 5.20. The summed E-state index contributed by atoms with van der Waals surface area (Å²) in [7, 11) is 0. The van der Waals surface area contributed by atoms with Crippen LogP contribution in [0.25, 0.3) is 0 Å². The fourth-order valence-electron chi connectivity index (χ4n) is 1.47. The second kappa shape index (κ2) is 6.69. The van der Waals surface area contributed by atoms with E-state index in [1.807, 2.05) is 12.1 Å². The van der Waals surface area contributed by atoms with Crippen molar-refractivity contribution in [3.8, 4) is 0 Å². The second-order valence-corrected chi connectivity index (χ2v) is 6.51. The molecule has 0 radical (unpaired) electrons. The molecule has 0 spiro atoms. The molecule has 0 aliphatic heterocycles. The van der Waals surface area contributed by atoms with Crippen LogP contribution in [0.4, 0.5) is 0 Å². The zero-order valence-electron chi connectivity index (χ0n) is 10.1. The number of rotatable bonds is 5. The van der Waals surface area contributed by atoms with Crippen molar-refractivity contribution in [1.82, 2.24) is 5.32 Å². The largest absolute Gasteiger partial charge is 0.464 e. The maximum absolute atomic E-state index is 11.9. The van der Waals surface area contributed by atoms with E-state index in [1.54, 1.807) is 6.07 Å². The van der Waals surface area contributed by atoms with Crippen LogP contribution in [-0.4, -0.2) is 25.0 Å². The zero-order chi connectivity index (χ0) is 13.8. The van der Waals surface area contributed by atoms with Crippen molar-refractivity contribution in [2.24, 2.45) is 5.92 Å². The van der Waals surface area contributed by atoms with E-state index in [1.165, 1.54) is 0 Å². The van der Waals surface area contributed by atoms with Gasteiger partial charge in [-0.25, -0.2) is 0 Å². The summed E-state index contributed by atoms with van der Waals surface area (Å²) in [6, 6.07) is 5.43. The number of esters is 1. The van der Waals surface area contributed by atoms with Crippen molar-refractivity contribution < 1.29 is 14.3 Å². The normalized spacial score (nSPS) is 14.0. The Morgan fingerprint density at radius 2 is 2.16 bits per heavy atom. The van der Waals surface area contributed by atoms with Crippen molar-refractivity contribution in [1.29, 1.82) is 0 Å². The van der Waals surface area contributed by atoms with E-state index in [2.05, 4.69) is 43.8 Å². The van der Waals surface area contributed by atoms with E-state index in [0.717, 1.165) is 20.9 Å². The number of hydrogen-bond donors (Lipinski definition) is 1. The van der Waals surface area contributed by atoms with Crippen LogP contribution in [0.1, 0.15) is 23.2 Å². The smallest absolute Gasteiger partial charge is 0.325 e. The Morgan fingerprint density at radius 1 is 1.42 bits per heavy atom. The van der Waals surface area contributed by atoms with Crippen LogP contribution < -0.4 is 5.32 Å². The third-order valence-corrected chi connectivity index (χ3v) is 4.18. The minimum Gasteiger partial charge on any atom is -0.464 e. The van der Waals surface area contributed by atoms with Gasteiger partial charge in [-0.05, 0) is 59.5 Å². The molecule has 1 amide bonds. The standard InChI is InChI=1S/C13H13BrINO3/c14-9-3-4-11(15)10(5-9)13(18)16-6-12(17)19-7-8-1-2-8/h3-5,8H,1-2,6-7H2,(H,16,18). The van der Waals surface area contributed by atoms with Gasteiger partial charge in [-0.1, -0.05) is 15.9 Å². The minimum atomic E-state index is -0.384. The van der Waals surface area contributed by atoms with E-state index < -0.39 is 0 Å². The third-order valence-electron chi connectivity index (χ3n) is 2.74. The summed E-state index contributed by atoms with van der Waals surface area (Å²) < 4.78 is 6.71. The predicted octanol–water partition coefficient (Wildman–Crippen LogP) is 2.74. The van der Waals surface area contributed by atoms with Gasteiger partial charge in [0.2, 0.25) is 0 Å². The summed E-state index contributed by atoms with van der Waals surface area (Å²) in [6.45, 7) is 0.386. The molecule has 0 saturated heterocycles. The van der Waals surface area contributed by atoms with E-state index in [0.29, 0.717) is 18.1 Å². The number of amides is 1. The van der Waals surface area contributed by atoms with Gasteiger partial charge in [-0.15, -0.1) is 0 Å². The van der Waals surface area contributed by atoms with Gasteiger partial charge in [0.1, 0.15) is 6.54 Å². The fraction of sp³-hybridized carbons (Fsp3) is 0.385. The summed E-state index contributed by atoms with van der Waals surface area (Å²) in [5.41, 5.74) is 0.546. The number of hydrogen-bond acceptors (Lipinski definition) is 3. The molecule has 1 saturated carbocycles. The number of nitrogens with one attached hydrogen (secondary N) is 1. The van der Waals surface area contributed by atoms with E-state index >= 15 is 0 Å². The zero-order valence-corrected chi connectivity index (χ0v) is 13.9. The van der Waals surface area contributed by atoms with Crippen molar-refractivity contribution in [3.05, 3.63) is 31.8 Å². The average molecular weight is 438 g/mol. The summed E-state index contributed by atoms with van der Waals surface area (Å²) >= 11 is 5.40. The van der Waals surface area contributed by atoms with Crippen LogP contribution in [0, 0.1) is 9.49 Å². The van der Waals surface area contributed by atoms with Gasteiger partial charge in [0, 0.05) is 8.04 Å². The first-order valence-corrected chi connectivity index (χ1v) is 7.82. The summed E-state index contributed by atoms with van der Waals surface area (Å²) in [5, 5.41) is 2.57. The highest BCUT2D eigenvalue weighted by Crippen LogP contribution is 2.28. The lowest BCUT2D eigenvalue weighted by Gasteiger charge is -2.07. The molecule has 102 valence electrons. The minimum absolute atomic E-state index is 0.0891. The fourth-order valence-corrected chi connectivity index (χ4v) is 2.41. The van der Waals surface area contributed by atoms with Crippen molar-refractivity contribution >= 4 is 50.4 Å². The molecule has 0 heterocycles. The Hall–Kier alpha value is -0.630. The number of benzene rings is 1. The molecule has 0 unspecified atom stereocenters. The number of carbonyl (C=O) groups is 2. The number of halogens is 2. The maximum atomic E-state index is 11.9. The summed E-state index contributed by atoms with van der Waals surface area (Å²) in [6.07, 6.45) is 2.27. The average Bonchev–Trinajstić information content (AvgIpc) is 3.20. The topological polar surface area (TPSA) is 55.4 Å². The molecule has 2 rings (SSSR count). The molecule has 6 heteroatoms. The van der Waals surface area contributed by atoms with Crippen LogP contribution in [0.3, 0.4) is 0 Å². The van der Waals surface area contributed by atoms with Gasteiger partial charge in [0.15, 0.2) is 0 Å². The van der Waals surface area contributed by atoms with Crippen LogP contribution in [0.15, 0.2) is 22.7 Å². The highest BCUT2D eigenvalue weighted by molar-refractivity contribution is 14.1. The summed E-state index contributed by atoms with van der Waals surface area (Å²) in [4.78, 5) is 23.3. The highest BCUT2D eigenvalue weighted by atomic mass is 127. The van der Waals surface area contributed by atoms with Crippen LogP contribution in [0.5, 0.6) is 0 Å².